The van der Waals surface area contributed by atoms with Crippen LogP contribution >= 0.6 is 0 Å². The fourth-order valence-electron chi connectivity index (χ4n) is 4.53. The molecule has 0 amide bonds. The molecule has 1 saturated heterocycles. The van der Waals surface area contributed by atoms with Gasteiger partial charge in [0, 0.05) is 44.7 Å². The van der Waals surface area contributed by atoms with Crippen LogP contribution in [0.3, 0.4) is 0 Å². The molecule has 2 aliphatic rings. The van der Waals surface area contributed by atoms with Crippen molar-refractivity contribution < 1.29 is 18.8 Å². The third-order valence-corrected chi connectivity index (χ3v) is 6.12. The average Bonchev–Trinajstić information content (AvgIpc) is 2.92. The van der Waals surface area contributed by atoms with Crippen LogP contribution < -0.4 is 5.32 Å². The van der Waals surface area contributed by atoms with Gasteiger partial charge in [0.05, 0.1) is 0 Å². The maximum Gasteiger partial charge on any atom is 0.451 e. The highest BCUT2D eigenvalue weighted by molar-refractivity contribution is 6.40. The first-order valence-electron chi connectivity index (χ1n) is 10.0. The highest BCUT2D eigenvalue weighted by Crippen LogP contribution is 2.31. The van der Waals surface area contributed by atoms with Crippen LogP contribution in [0.4, 0.5) is 8.78 Å². The predicted octanol–water partition coefficient (Wildman–Crippen LogP) is 2.63. The van der Waals surface area contributed by atoms with Gasteiger partial charge in [-0.05, 0) is 48.2 Å². The minimum absolute atomic E-state index is 0.0886. The minimum Gasteiger partial charge on any atom is -0.427 e. The van der Waals surface area contributed by atoms with Crippen LogP contribution in [-0.4, -0.2) is 47.7 Å². The highest BCUT2D eigenvalue weighted by Gasteiger charge is 2.32. The van der Waals surface area contributed by atoms with Crippen LogP contribution in [0.1, 0.15) is 43.4 Å². The van der Waals surface area contributed by atoms with Crippen molar-refractivity contribution in [1.82, 2.24) is 10.2 Å². The van der Waals surface area contributed by atoms with Crippen molar-refractivity contribution >= 4 is 7.12 Å². The molecular formula is C20H31BF2N2O2. The van der Waals surface area contributed by atoms with Crippen molar-refractivity contribution in [1.29, 1.82) is 0 Å². The molecule has 4 nitrogen and oxygen atoms in total. The number of nitrogens with zero attached hydrogens (tertiary/aromatic N) is 1. The van der Waals surface area contributed by atoms with Gasteiger partial charge >= 0.3 is 7.12 Å². The number of likely N-dealkylation sites (tertiary alicyclic amines) is 1. The Morgan fingerprint density at radius 3 is 2.74 bits per heavy atom. The van der Waals surface area contributed by atoms with Gasteiger partial charge in [-0.2, -0.15) is 0 Å². The van der Waals surface area contributed by atoms with E-state index in [0.29, 0.717) is 30.7 Å². The average molecular weight is 380 g/mol. The second-order valence-electron chi connectivity index (χ2n) is 8.52. The Bertz CT molecular complexity index is 639. The fourth-order valence-corrected chi connectivity index (χ4v) is 4.53. The Morgan fingerprint density at radius 1 is 1.26 bits per heavy atom. The van der Waals surface area contributed by atoms with E-state index in [1.165, 1.54) is 5.56 Å². The van der Waals surface area contributed by atoms with E-state index in [1.807, 2.05) is 6.07 Å². The first-order valence-corrected chi connectivity index (χ1v) is 10.0. The van der Waals surface area contributed by atoms with Gasteiger partial charge in [-0.25, -0.2) is 8.78 Å². The zero-order valence-corrected chi connectivity index (χ0v) is 16.3. The second kappa shape index (κ2) is 8.56. The number of fused-ring (bicyclic) bond motifs is 1. The van der Waals surface area contributed by atoms with Gasteiger partial charge < -0.3 is 20.3 Å². The minimum atomic E-state index is -2.79. The predicted molar refractivity (Wildman–Crippen MR) is 104 cm³/mol. The molecule has 3 unspecified atom stereocenters. The van der Waals surface area contributed by atoms with Gasteiger partial charge in [-0.15, -0.1) is 0 Å². The van der Waals surface area contributed by atoms with E-state index in [4.69, 9.17) is 10.0 Å². The van der Waals surface area contributed by atoms with E-state index in [0.717, 1.165) is 51.4 Å². The number of nitrogens with one attached hydrogen (secondary N) is 1. The van der Waals surface area contributed by atoms with Crippen molar-refractivity contribution in [2.45, 2.75) is 57.9 Å². The van der Waals surface area contributed by atoms with Crippen molar-refractivity contribution in [3.8, 4) is 0 Å². The van der Waals surface area contributed by atoms with E-state index < -0.39 is 13.0 Å². The highest BCUT2D eigenvalue weighted by atomic mass is 19.3. The summed E-state index contributed by atoms with van der Waals surface area (Å²) in [4.78, 5) is 2.49. The molecule has 1 aromatic rings. The van der Waals surface area contributed by atoms with Gasteiger partial charge in [0.1, 0.15) is 0 Å². The molecule has 3 atom stereocenters. The molecule has 2 aliphatic heterocycles. The molecule has 3 N–H and O–H groups in total. The summed E-state index contributed by atoms with van der Waals surface area (Å²) < 4.78 is 27.0. The molecule has 0 bridgehead atoms. The summed E-state index contributed by atoms with van der Waals surface area (Å²) in [5.74, 6) is -1.57. The fraction of sp³-hybridized carbons (Fsp3) is 0.700. The van der Waals surface area contributed by atoms with Crippen molar-refractivity contribution in [2.24, 2.45) is 11.8 Å². The van der Waals surface area contributed by atoms with Crippen molar-refractivity contribution in [2.75, 3.05) is 19.6 Å². The number of rotatable bonds is 7. The molecule has 3 rings (SSSR count). The third-order valence-electron chi connectivity index (χ3n) is 6.12. The van der Waals surface area contributed by atoms with Crippen LogP contribution in [0.5, 0.6) is 0 Å². The third kappa shape index (κ3) is 5.50. The van der Waals surface area contributed by atoms with E-state index in [1.54, 1.807) is 12.1 Å². The Kier molecular flexibility index (Phi) is 6.56. The molecule has 0 aliphatic carbocycles. The summed E-state index contributed by atoms with van der Waals surface area (Å²) in [6, 6.07) is 5.41. The van der Waals surface area contributed by atoms with Crippen LogP contribution in [0.15, 0.2) is 18.2 Å². The van der Waals surface area contributed by atoms with Crippen LogP contribution in [0, 0.1) is 11.8 Å². The van der Waals surface area contributed by atoms with E-state index in [9.17, 15) is 8.78 Å². The van der Waals surface area contributed by atoms with Crippen LogP contribution in [0.25, 0.3) is 0 Å². The molecule has 1 aromatic carbocycles. The Labute approximate surface area is 161 Å². The second-order valence-corrected chi connectivity index (χ2v) is 8.52. The first-order chi connectivity index (χ1) is 12.7. The molecule has 2 heterocycles. The number of halogens is 2. The van der Waals surface area contributed by atoms with Gasteiger partial charge in [-0.3, -0.25) is 0 Å². The number of hydrogen-bond acceptors (Lipinski definition) is 4. The SMILES string of the molecule is CC1CN(CC2Cc3ccc(C(C)(F)F)cc3CN2)CC1CCCB(O)O. The molecular weight excluding hydrogens is 349 g/mol. The molecule has 1 fully saturated rings. The Hall–Kier alpha value is -1.02. The topological polar surface area (TPSA) is 55.7 Å². The van der Waals surface area contributed by atoms with Gasteiger partial charge in [0.15, 0.2) is 0 Å². The zero-order chi connectivity index (χ0) is 19.6. The molecule has 0 saturated carbocycles. The smallest absolute Gasteiger partial charge is 0.427 e. The molecule has 0 spiro atoms. The monoisotopic (exact) mass is 380 g/mol. The van der Waals surface area contributed by atoms with Gasteiger partial charge in [0.25, 0.3) is 5.92 Å². The zero-order valence-electron chi connectivity index (χ0n) is 16.3. The van der Waals surface area contributed by atoms with E-state index in [-0.39, 0.29) is 5.56 Å². The lowest BCUT2D eigenvalue weighted by Crippen LogP contribution is -2.44. The van der Waals surface area contributed by atoms with Gasteiger partial charge in [0.2, 0.25) is 0 Å². The molecule has 0 radical (unpaired) electrons. The van der Waals surface area contributed by atoms with Gasteiger partial charge in [-0.1, -0.05) is 25.5 Å². The summed E-state index contributed by atoms with van der Waals surface area (Å²) in [6.45, 7) is 6.95. The summed E-state index contributed by atoms with van der Waals surface area (Å²) in [7, 11) is -1.20. The van der Waals surface area contributed by atoms with Crippen LogP contribution in [0.2, 0.25) is 6.32 Å². The maximum absolute atomic E-state index is 13.5. The maximum atomic E-state index is 13.5. The Morgan fingerprint density at radius 2 is 2.04 bits per heavy atom. The molecule has 27 heavy (non-hydrogen) atoms. The molecule has 7 heteroatoms. The summed E-state index contributed by atoms with van der Waals surface area (Å²) >= 11 is 0. The molecule has 0 aromatic heterocycles. The lowest BCUT2D eigenvalue weighted by atomic mass is 9.81. The van der Waals surface area contributed by atoms with Crippen molar-refractivity contribution in [3.63, 3.8) is 0 Å². The summed E-state index contributed by atoms with van der Waals surface area (Å²) in [5, 5.41) is 21.5. The quantitative estimate of drug-likeness (QED) is 0.637. The summed E-state index contributed by atoms with van der Waals surface area (Å²) in [5.41, 5.74) is 2.25. The van der Waals surface area contributed by atoms with E-state index >= 15 is 0 Å². The lowest BCUT2D eigenvalue weighted by Gasteiger charge is -2.30. The van der Waals surface area contributed by atoms with E-state index in [2.05, 4.69) is 17.1 Å². The lowest BCUT2D eigenvalue weighted by molar-refractivity contribution is 0.0173. The largest absolute Gasteiger partial charge is 0.451 e. The normalized spacial score (nSPS) is 26.2. The number of benzene rings is 1. The molecule has 150 valence electrons. The standard InChI is InChI=1S/C20H31BF2N2O2/c1-14-11-25(12-16(14)4-3-7-21(26)27)13-19-9-15-5-6-18(20(2,22)23)8-17(15)10-24-19/h5-6,8,14,16,19,24,26-27H,3-4,7,9-13H2,1-2H3. The Balaban J connectivity index is 1.51. The number of alkyl halides is 2. The van der Waals surface area contributed by atoms with Crippen molar-refractivity contribution in [3.05, 3.63) is 34.9 Å². The van der Waals surface area contributed by atoms with Crippen LogP contribution in [-0.2, 0) is 18.9 Å². The summed E-state index contributed by atoms with van der Waals surface area (Å²) in [6.07, 6.45) is 3.20. The number of hydrogen-bond donors (Lipinski definition) is 3. The first kappa shape index (κ1) is 20.7.